The lowest BCUT2D eigenvalue weighted by molar-refractivity contribution is -0.210. The number of halogens is 3. The van der Waals surface area contributed by atoms with Crippen LogP contribution in [-0.4, -0.2) is 47.0 Å². The molecular weight excluding hydrogens is 471 g/mol. The Morgan fingerprint density at radius 1 is 1.00 bits per heavy atom. The largest absolute Gasteiger partial charge is 0.508 e. The van der Waals surface area contributed by atoms with E-state index in [1.54, 1.807) is 48.5 Å². The summed E-state index contributed by atoms with van der Waals surface area (Å²) in [4.78, 5) is 1.38. The lowest BCUT2D eigenvalue weighted by atomic mass is 9.86. The van der Waals surface area contributed by atoms with Crippen LogP contribution >= 0.6 is 0 Å². The first-order valence-electron chi connectivity index (χ1n) is 11.7. The van der Waals surface area contributed by atoms with Crippen molar-refractivity contribution in [2.45, 2.75) is 31.7 Å². The van der Waals surface area contributed by atoms with Gasteiger partial charge in [0, 0.05) is 24.2 Å². The van der Waals surface area contributed by atoms with E-state index >= 15 is 0 Å². The van der Waals surface area contributed by atoms with Gasteiger partial charge in [-0.3, -0.25) is 4.90 Å². The predicted octanol–water partition coefficient (Wildman–Crippen LogP) is 6.18. The second-order valence-corrected chi connectivity index (χ2v) is 9.07. The Balaban J connectivity index is 1.36. The van der Waals surface area contributed by atoms with Gasteiger partial charge >= 0.3 is 6.18 Å². The maximum atomic E-state index is 12.9. The number of allylic oxidation sites excluding steroid dienone is 1. The number of hydrogen-bond donors (Lipinski definition) is 2. The number of alkyl halides is 3. The number of ether oxygens (including phenoxy) is 2. The monoisotopic (exact) mass is 497 g/mol. The van der Waals surface area contributed by atoms with E-state index < -0.39 is 18.3 Å². The molecule has 1 saturated heterocycles. The van der Waals surface area contributed by atoms with Gasteiger partial charge in [-0.15, -0.1) is 0 Å². The zero-order chi connectivity index (χ0) is 25.4. The minimum absolute atomic E-state index is 0.131. The lowest BCUT2D eigenvalue weighted by Crippen LogP contribution is -2.56. The summed E-state index contributed by atoms with van der Waals surface area (Å²) in [5, 5.41) is 20.1. The third-order valence-electron chi connectivity index (χ3n) is 6.77. The van der Waals surface area contributed by atoms with Gasteiger partial charge in [0.1, 0.15) is 41.8 Å². The number of rotatable bonds is 6. The molecule has 3 aromatic rings. The van der Waals surface area contributed by atoms with Crippen LogP contribution in [0, 0.1) is 0 Å². The van der Waals surface area contributed by atoms with E-state index in [2.05, 4.69) is 0 Å². The summed E-state index contributed by atoms with van der Waals surface area (Å²) in [6.07, 6.45) is -4.54. The van der Waals surface area contributed by atoms with Crippen LogP contribution in [0.5, 0.6) is 23.0 Å². The molecule has 0 bridgehead atoms. The highest BCUT2D eigenvalue weighted by Gasteiger charge is 2.48. The minimum Gasteiger partial charge on any atom is -0.508 e. The summed E-state index contributed by atoms with van der Waals surface area (Å²) in [6, 6.07) is 17.8. The third kappa shape index (κ3) is 4.73. The molecule has 0 amide bonds. The van der Waals surface area contributed by atoms with Crippen LogP contribution in [0.3, 0.4) is 0 Å². The molecule has 36 heavy (non-hydrogen) atoms. The maximum Gasteiger partial charge on any atom is 0.404 e. The molecule has 188 valence electrons. The molecule has 1 fully saturated rings. The van der Waals surface area contributed by atoms with E-state index in [0.29, 0.717) is 18.0 Å². The van der Waals surface area contributed by atoms with Crippen LogP contribution in [-0.2, 0) is 0 Å². The Hall–Kier alpha value is -3.65. The van der Waals surface area contributed by atoms with Crippen LogP contribution < -0.4 is 9.47 Å². The fourth-order valence-electron chi connectivity index (χ4n) is 4.82. The minimum atomic E-state index is -4.20. The van der Waals surface area contributed by atoms with Gasteiger partial charge in [-0.25, -0.2) is 0 Å². The van der Waals surface area contributed by atoms with E-state index in [1.807, 2.05) is 25.1 Å². The fourth-order valence-corrected chi connectivity index (χ4v) is 4.82. The van der Waals surface area contributed by atoms with Crippen molar-refractivity contribution in [1.29, 1.82) is 0 Å². The van der Waals surface area contributed by atoms with Gasteiger partial charge in [-0.05, 0) is 72.5 Å². The molecule has 5 rings (SSSR count). The van der Waals surface area contributed by atoms with Crippen LogP contribution in [0.2, 0.25) is 0 Å². The molecule has 0 radical (unpaired) electrons. The number of hydrogen-bond acceptors (Lipinski definition) is 5. The average molecular weight is 498 g/mol. The molecule has 8 heteroatoms. The number of benzene rings is 3. The molecule has 0 spiro atoms. The van der Waals surface area contributed by atoms with Crippen molar-refractivity contribution >= 4 is 11.1 Å². The summed E-state index contributed by atoms with van der Waals surface area (Å²) in [7, 11) is 0. The second kappa shape index (κ2) is 9.43. The summed E-state index contributed by atoms with van der Waals surface area (Å²) >= 11 is 0. The Morgan fingerprint density at radius 2 is 1.75 bits per heavy atom. The molecule has 2 aliphatic heterocycles. The zero-order valence-corrected chi connectivity index (χ0v) is 19.6. The van der Waals surface area contributed by atoms with E-state index in [9.17, 15) is 23.4 Å². The second-order valence-electron chi connectivity index (χ2n) is 9.07. The topological polar surface area (TPSA) is 62.2 Å². The third-order valence-corrected chi connectivity index (χ3v) is 6.77. The number of likely N-dealkylation sites (tertiary alicyclic amines) is 1. The number of aromatic hydroxyl groups is 2. The molecular formula is C28H26F3NO4. The molecule has 1 unspecified atom stereocenters. The summed E-state index contributed by atoms with van der Waals surface area (Å²) in [5.41, 5.74) is 4.18. The van der Waals surface area contributed by atoms with E-state index in [0.717, 1.165) is 27.8 Å². The Kier molecular flexibility index (Phi) is 6.30. The number of fused-ring (bicyclic) bond motifs is 1. The van der Waals surface area contributed by atoms with Crippen molar-refractivity contribution in [3.63, 3.8) is 0 Å². The maximum absolute atomic E-state index is 12.9. The Labute approximate surface area is 207 Å². The summed E-state index contributed by atoms with van der Waals surface area (Å²) < 4.78 is 50.8. The van der Waals surface area contributed by atoms with E-state index in [1.165, 1.54) is 4.90 Å². The average Bonchev–Trinajstić information content (AvgIpc) is 2.80. The molecule has 2 aliphatic rings. The first-order chi connectivity index (χ1) is 17.2. The fraction of sp³-hybridized carbons (Fsp3) is 0.286. The van der Waals surface area contributed by atoms with Gasteiger partial charge in [0.2, 0.25) is 0 Å². The van der Waals surface area contributed by atoms with Crippen molar-refractivity contribution in [2.24, 2.45) is 0 Å². The van der Waals surface area contributed by atoms with Gasteiger partial charge in [0.05, 0.1) is 0 Å². The summed E-state index contributed by atoms with van der Waals surface area (Å²) in [5.74, 6) is 1.45. The van der Waals surface area contributed by atoms with Crippen LogP contribution in [0.1, 0.15) is 36.1 Å². The van der Waals surface area contributed by atoms with E-state index in [4.69, 9.17) is 9.47 Å². The SMILES string of the molecule is CC1=C(c2cccc(O)c2)C(c2ccc(OCCN3CC[C@H]3C(F)(F)F)cc2)Oc2ccc(O)cc21. The zero-order valence-electron chi connectivity index (χ0n) is 19.6. The number of phenolic OH excluding ortho intramolecular Hbond substituents is 2. The van der Waals surface area contributed by atoms with Crippen molar-refractivity contribution in [3.8, 4) is 23.0 Å². The van der Waals surface area contributed by atoms with Crippen molar-refractivity contribution in [3.05, 3.63) is 83.4 Å². The van der Waals surface area contributed by atoms with Gasteiger partial charge in [-0.2, -0.15) is 13.2 Å². The Morgan fingerprint density at radius 3 is 2.42 bits per heavy atom. The normalized spacial score (nSPS) is 19.9. The van der Waals surface area contributed by atoms with Crippen LogP contribution in [0.15, 0.2) is 66.7 Å². The highest BCUT2D eigenvalue weighted by atomic mass is 19.4. The lowest BCUT2D eigenvalue weighted by Gasteiger charge is -2.41. The molecule has 2 atom stereocenters. The smallest absolute Gasteiger partial charge is 0.404 e. The molecule has 0 saturated carbocycles. The van der Waals surface area contributed by atoms with Crippen LogP contribution in [0.4, 0.5) is 13.2 Å². The number of nitrogens with zero attached hydrogens (tertiary/aromatic N) is 1. The van der Waals surface area contributed by atoms with Crippen molar-refractivity contribution in [2.75, 3.05) is 19.7 Å². The molecule has 5 nitrogen and oxygen atoms in total. The Bertz CT molecular complexity index is 1290. The van der Waals surface area contributed by atoms with Gasteiger partial charge in [-0.1, -0.05) is 24.3 Å². The van der Waals surface area contributed by atoms with E-state index in [-0.39, 0.29) is 31.1 Å². The number of phenols is 2. The molecule has 3 aromatic carbocycles. The highest BCUT2D eigenvalue weighted by molar-refractivity contribution is 5.95. The first kappa shape index (κ1) is 24.1. The predicted molar refractivity (Wildman–Crippen MR) is 130 cm³/mol. The van der Waals surface area contributed by atoms with Crippen molar-refractivity contribution < 1.29 is 32.9 Å². The van der Waals surface area contributed by atoms with Gasteiger partial charge in [0.25, 0.3) is 0 Å². The highest BCUT2D eigenvalue weighted by Crippen LogP contribution is 2.47. The van der Waals surface area contributed by atoms with Crippen LogP contribution in [0.25, 0.3) is 11.1 Å². The molecule has 0 aliphatic carbocycles. The van der Waals surface area contributed by atoms with Crippen molar-refractivity contribution in [1.82, 2.24) is 4.90 Å². The standard InChI is InChI=1S/C28H26F3NO4/c1-17-23-16-21(34)7-10-24(23)36-27(26(17)19-3-2-4-20(33)15-19)18-5-8-22(9-6-18)35-14-13-32-12-11-25(32)28(29,30)31/h2-10,15-16,25,27,33-34H,11-14H2,1H3/t25-,27?/m0/s1. The first-order valence-corrected chi connectivity index (χ1v) is 11.7. The molecule has 2 heterocycles. The molecule has 0 aromatic heterocycles. The quantitative estimate of drug-likeness (QED) is 0.426. The summed E-state index contributed by atoms with van der Waals surface area (Å²) in [6.45, 7) is 2.75. The van der Waals surface area contributed by atoms with Gasteiger partial charge in [0.15, 0.2) is 0 Å². The van der Waals surface area contributed by atoms with Gasteiger partial charge < -0.3 is 19.7 Å². The molecule has 2 N–H and O–H groups in total.